The van der Waals surface area contributed by atoms with Gasteiger partial charge < -0.3 is 9.64 Å². The molecule has 14 heavy (non-hydrogen) atoms. The van der Waals surface area contributed by atoms with E-state index in [1.165, 1.54) is 0 Å². The van der Waals surface area contributed by atoms with Gasteiger partial charge in [0.1, 0.15) is 5.92 Å². The Morgan fingerprint density at radius 3 is 2.43 bits per heavy atom. The summed E-state index contributed by atoms with van der Waals surface area (Å²) in [5.41, 5.74) is 0. The van der Waals surface area contributed by atoms with E-state index in [1.807, 2.05) is 19.9 Å². The zero-order chi connectivity index (χ0) is 10.7. The monoisotopic (exact) mass is 196 g/mol. The Labute approximate surface area is 84.4 Å². The number of rotatable bonds is 1. The van der Waals surface area contributed by atoms with Crippen molar-refractivity contribution in [3.8, 4) is 6.07 Å². The van der Waals surface area contributed by atoms with Crippen LogP contribution in [0, 0.1) is 17.2 Å². The van der Waals surface area contributed by atoms with Crippen molar-refractivity contribution in [2.75, 3.05) is 13.1 Å². The van der Waals surface area contributed by atoms with Gasteiger partial charge in [0.2, 0.25) is 5.91 Å². The van der Waals surface area contributed by atoms with Crippen molar-refractivity contribution in [1.82, 2.24) is 4.90 Å². The van der Waals surface area contributed by atoms with Gasteiger partial charge in [-0.3, -0.25) is 4.79 Å². The maximum absolute atomic E-state index is 11.7. The van der Waals surface area contributed by atoms with Crippen molar-refractivity contribution in [3.05, 3.63) is 0 Å². The fraction of sp³-hybridized carbons (Fsp3) is 0.800. The predicted molar refractivity (Wildman–Crippen MR) is 51.4 cm³/mol. The lowest BCUT2D eigenvalue weighted by atomic mass is 10.1. The van der Waals surface area contributed by atoms with Crippen LogP contribution in [0.2, 0.25) is 0 Å². The zero-order valence-corrected chi connectivity index (χ0v) is 8.86. The molecule has 1 aliphatic rings. The summed E-state index contributed by atoms with van der Waals surface area (Å²) in [5.74, 6) is -0.637. The number of morpholine rings is 1. The number of nitrogens with zero attached hydrogens (tertiary/aromatic N) is 2. The van der Waals surface area contributed by atoms with Crippen molar-refractivity contribution in [2.45, 2.75) is 33.0 Å². The first-order chi connectivity index (χ1) is 6.54. The van der Waals surface area contributed by atoms with Crippen LogP contribution in [0.4, 0.5) is 0 Å². The van der Waals surface area contributed by atoms with Crippen LogP contribution in [0.25, 0.3) is 0 Å². The lowest BCUT2D eigenvalue weighted by Gasteiger charge is -2.35. The SMILES string of the molecule is CC(C#N)C(=O)N1C[C@@H](C)O[C@@H](C)C1. The van der Waals surface area contributed by atoms with Crippen molar-refractivity contribution < 1.29 is 9.53 Å². The van der Waals surface area contributed by atoms with Gasteiger partial charge in [-0.05, 0) is 20.8 Å². The summed E-state index contributed by atoms with van der Waals surface area (Å²) in [6.45, 7) is 6.69. The van der Waals surface area contributed by atoms with E-state index in [-0.39, 0.29) is 18.1 Å². The molecule has 4 heteroatoms. The first-order valence-corrected chi connectivity index (χ1v) is 4.88. The van der Waals surface area contributed by atoms with Gasteiger partial charge in [0, 0.05) is 13.1 Å². The molecule has 1 amide bonds. The standard InChI is InChI=1S/C10H16N2O2/c1-7(4-11)10(13)12-5-8(2)14-9(3)6-12/h7-9H,5-6H2,1-3H3/t7?,8-,9+. The summed E-state index contributed by atoms with van der Waals surface area (Å²) < 4.78 is 5.50. The summed E-state index contributed by atoms with van der Waals surface area (Å²) in [5, 5.41) is 8.64. The molecule has 0 aromatic rings. The van der Waals surface area contributed by atoms with Gasteiger partial charge in [-0.15, -0.1) is 0 Å². The fourth-order valence-corrected chi connectivity index (χ4v) is 1.69. The van der Waals surface area contributed by atoms with Crippen molar-refractivity contribution >= 4 is 5.91 Å². The minimum Gasteiger partial charge on any atom is -0.372 e. The summed E-state index contributed by atoms with van der Waals surface area (Å²) in [6, 6.07) is 1.96. The summed E-state index contributed by atoms with van der Waals surface area (Å²) in [7, 11) is 0. The predicted octanol–water partition coefficient (Wildman–Crippen LogP) is 0.782. The number of carbonyl (C=O) groups excluding carboxylic acids is 1. The van der Waals surface area contributed by atoms with Crippen LogP contribution >= 0.6 is 0 Å². The second-order valence-corrected chi connectivity index (χ2v) is 3.85. The summed E-state index contributed by atoms with van der Waals surface area (Å²) in [4.78, 5) is 13.4. The Hall–Kier alpha value is -1.08. The van der Waals surface area contributed by atoms with Crippen LogP contribution in [0.1, 0.15) is 20.8 Å². The van der Waals surface area contributed by atoms with Gasteiger partial charge >= 0.3 is 0 Å². The molecule has 0 aromatic heterocycles. The third kappa shape index (κ3) is 2.46. The van der Waals surface area contributed by atoms with Crippen LogP contribution in [0.3, 0.4) is 0 Å². The van der Waals surface area contributed by atoms with E-state index in [0.29, 0.717) is 13.1 Å². The Bertz CT molecular complexity index is 249. The molecule has 1 saturated heterocycles. The van der Waals surface area contributed by atoms with E-state index >= 15 is 0 Å². The van der Waals surface area contributed by atoms with E-state index in [9.17, 15) is 4.79 Å². The molecule has 0 radical (unpaired) electrons. The molecule has 78 valence electrons. The van der Waals surface area contributed by atoms with Crippen molar-refractivity contribution in [2.24, 2.45) is 5.92 Å². The first-order valence-electron chi connectivity index (χ1n) is 4.88. The molecular weight excluding hydrogens is 180 g/mol. The molecule has 0 bridgehead atoms. The average Bonchev–Trinajstić information content (AvgIpc) is 2.14. The van der Waals surface area contributed by atoms with Crippen molar-refractivity contribution in [1.29, 1.82) is 5.26 Å². The lowest BCUT2D eigenvalue weighted by molar-refractivity contribution is -0.145. The van der Waals surface area contributed by atoms with E-state index in [0.717, 1.165) is 0 Å². The highest BCUT2D eigenvalue weighted by Crippen LogP contribution is 2.13. The van der Waals surface area contributed by atoms with E-state index in [1.54, 1.807) is 11.8 Å². The molecule has 3 atom stereocenters. The quantitative estimate of drug-likeness (QED) is 0.622. The largest absolute Gasteiger partial charge is 0.372 e. The third-order valence-corrected chi connectivity index (χ3v) is 2.30. The maximum atomic E-state index is 11.7. The Morgan fingerprint density at radius 1 is 1.50 bits per heavy atom. The number of hydrogen-bond acceptors (Lipinski definition) is 3. The molecule has 1 heterocycles. The second-order valence-electron chi connectivity index (χ2n) is 3.85. The molecule has 0 aliphatic carbocycles. The Morgan fingerprint density at radius 2 is 2.00 bits per heavy atom. The molecule has 1 aliphatic heterocycles. The number of ether oxygens (including phenoxy) is 1. The highest BCUT2D eigenvalue weighted by molar-refractivity contribution is 5.80. The minimum atomic E-state index is -0.549. The Balaban J connectivity index is 2.60. The molecule has 4 nitrogen and oxygen atoms in total. The fourth-order valence-electron chi connectivity index (χ4n) is 1.69. The van der Waals surface area contributed by atoms with Crippen molar-refractivity contribution in [3.63, 3.8) is 0 Å². The number of hydrogen-bond donors (Lipinski definition) is 0. The van der Waals surface area contributed by atoms with Crippen LogP contribution in [-0.2, 0) is 9.53 Å². The highest BCUT2D eigenvalue weighted by atomic mass is 16.5. The molecule has 1 unspecified atom stereocenters. The number of carbonyl (C=O) groups is 1. The lowest BCUT2D eigenvalue weighted by Crippen LogP contribution is -2.49. The number of amides is 1. The summed E-state index contributed by atoms with van der Waals surface area (Å²) >= 11 is 0. The molecule has 0 N–H and O–H groups in total. The average molecular weight is 196 g/mol. The molecule has 0 aromatic carbocycles. The highest BCUT2D eigenvalue weighted by Gasteiger charge is 2.28. The van der Waals surface area contributed by atoms with Crippen LogP contribution in [0.5, 0.6) is 0 Å². The molecule has 1 rings (SSSR count). The van der Waals surface area contributed by atoms with Gasteiger partial charge in [-0.1, -0.05) is 0 Å². The minimum absolute atomic E-state index is 0.0635. The molecule has 1 fully saturated rings. The van der Waals surface area contributed by atoms with Gasteiger partial charge in [0.05, 0.1) is 18.3 Å². The van der Waals surface area contributed by atoms with Gasteiger partial charge in [-0.2, -0.15) is 5.26 Å². The normalized spacial score (nSPS) is 29.4. The van der Waals surface area contributed by atoms with Gasteiger partial charge in [0.15, 0.2) is 0 Å². The number of nitriles is 1. The zero-order valence-electron chi connectivity index (χ0n) is 8.86. The van der Waals surface area contributed by atoms with Gasteiger partial charge in [-0.25, -0.2) is 0 Å². The topological polar surface area (TPSA) is 53.3 Å². The Kier molecular flexibility index (Phi) is 3.48. The second kappa shape index (κ2) is 4.43. The maximum Gasteiger partial charge on any atom is 0.239 e. The summed E-state index contributed by atoms with van der Waals surface area (Å²) in [6.07, 6.45) is 0.127. The van der Waals surface area contributed by atoms with E-state index in [2.05, 4.69) is 0 Å². The third-order valence-electron chi connectivity index (χ3n) is 2.30. The van der Waals surface area contributed by atoms with E-state index < -0.39 is 5.92 Å². The molecule has 0 spiro atoms. The van der Waals surface area contributed by atoms with Crippen LogP contribution < -0.4 is 0 Å². The molecular formula is C10H16N2O2. The van der Waals surface area contributed by atoms with Gasteiger partial charge in [0.25, 0.3) is 0 Å². The molecule has 0 saturated carbocycles. The smallest absolute Gasteiger partial charge is 0.239 e. The first kappa shape index (κ1) is 11.0. The van der Waals surface area contributed by atoms with Crippen LogP contribution in [-0.4, -0.2) is 36.1 Å². The van der Waals surface area contributed by atoms with Crippen LogP contribution in [0.15, 0.2) is 0 Å². The van der Waals surface area contributed by atoms with E-state index in [4.69, 9.17) is 10.00 Å².